The van der Waals surface area contributed by atoms with E-state index >= 15 is 0 Å². The summed E-state index contributed by atoms with van der Waals surface area (Å²) in [7, 11) is 0. The maximum absolute atomic E-state index is 3.57. The summed E-state index contributed by atoms with van der Waals surface area (Å²) < 4.78 is 1.13. The van der Waals surface area contributed by atoms with Crippen molar-refractivity contribution in [2.24, 2.45) is 0 Å². The minimum Gasteiger partial charge on any atom is -0.307 e. The van der Waals surface area contributed by atoms with Crippen LogP contribution in [-0.2, 0) is 6.42 Å². The second kappa shape index (κ2) is 7.61. The summed E-state index contributed by atoms with van der Waals surface area (Å²) in [6.07, 6.45) is 2.35. The Bertz CT molecular complexity index is 533. The maximum atomic E-state index is 3.57. The molecule has 1 N–H and O–H groups in total. The summed E-state index contributed by atoms with van der Waals surface area (Å²) in [4.78, 5) is 0. The molecule has 0 saturated carbocycles. The van der Waals surface area contributed by atoms with Crippen molar-refractivity contribution in [1.82, 2.24) is 5.32 Å². The number of hydrogen-bond acceptors (Lipinski definition) is 1. The SMILES string of the molecule is CCCc1ccc(C(NCC)c2cccc(Br)c2)cc1. The van der Waals surface area contributed by atoms with E-state index in [9.17, 15) is 0 Å². The zero-order valence-corrected chi connectivity index (χ0v) is 13.8. The van der Waals surface area contributed by atoms with Gasteiger partial charge in [0.2, 0.25) is 0 Å². The molecule has 1 atom stereocenters. The van der Waals surface area contributed by atoms with Gasteiger partial charge in [-0.2, -0.15) is 0 Å². The second-order valence-corrected chi connectivity index (χ2v) is 5.95. The minimum absolute atomic E-state index is 0.258. The predicted molar refractivity (Wildman–Crippen MR) is 90.1 cm³/mol. The lowest BCUT2D eigenvalue weighted by molar-refractivity contribution is 0.630. The summed E-state index contributed by atoms with van der Waals surface area (Å²) in [5, 5.41) is 3.57. The summed E-state index contributed by atoms with van der Waals surface area (Å²) in [6.45, 7) is 5.32. The number of hydrogen-bond donors (Lipinski definition) is 1. The largest absolute Gasteiger partial charge is 0.307 e. The van der Waals surface area contributed by atoms with Crippen LogP contribution in [0.2, 0.25) is 0 Å². The van der Waals surface area contributed by atoms with E-state index in [1.54, 1.807) is 0 Å². The van der Waals surface area contributed by atoms with Gasteiger partial charge in [-0.05, 0) is 41.8 Å². The van der Waals surface area contributed by atoms with E-state index in [1.165, 1.54) is 23.1 Å². The smallest absolute Gasteiger partial charge is 0.0577 e. The number of benzene rings is 2. The third-order valence-corrected chi connectivity index (χ3v) is 3.94. The maximum Gasteiger partial charge on any atom is 0.0577 e. The van der Waals surface area contributed by atoms with Crippen LogP contribution in [0.1, 0.15) is 43.0 Å². The van der Waals surface area contributed by atoms with Crippen molar-refractivity contribution in [3.8, 4) is 0 Å². The highest BCUT2D eigenvalue weighted by Gasteiger charge is 2.12. The number of rotatable bonds is 6. The van der Waals surface area contributed by atoms with E-state index in [0.29, 0.717) is 0 Å². The Morgan fingerprint density at radius 3 is 2.35 bits per heavy atom. The molecule has 0 aliphatic heterocycles. The molecular formula is C18H22BrN. The molecule has 2 rings (SSSR count). The van der Waals surface area contributed by atoms with Crippen LogP contribution in [0.4, 0.5) is 0 Å². The molecule has 2 aromatic rings. The van der Waals surface area contributed by atoms with Crippen molar-refractivity contribution in [3.05, 3.63) is 69.7 Å². The van der Waals surface area contributed by atoms with Gasteiger partial charge in [0, 0.05) is 4.47 Å². The van der Waals surface area contributed by atoms with Gasteiger partial charge < -0.3 is 5.32 Å². The number of nitrogens with one attached hydrogen (secondary N) is 1. The molecule has 0 saturated heterocycles. The van der Waals surface area contributed by atoms with Gasteiger partial charge in [-0.3, -0.25) is 0 Å². The van der Waals surface area contributed by atoms with E-state index < -0.39 is 0 Å². The van der Waals surface area contributed by atoms with Crippen LogP contribution in [-0.4, -0.2) is 6.54 Å². The fourth-order valence-electron chi connectivity index (χ4n) is 2.48. The second-order valence-electron chi connectivity index (χ2n) is 5.04. The predicted octanol–water partition coefficient (Wildman–Crippen LogP) is 5.10. The molecule has 0 aliphatic rings. The van der Waals surface area contributed by atoms with Crippen LogP contribution in [0.5, 0.6) is 0 Å². The molecule has 1 unspecified atom stereocenters. The molecule has 2 aromatic carbocycles. The molecular weight excluding hydrogens is 310 g/mol. The Balaban J connectivity index is 2.28. The van der Waals surface area contributed by atoms with Crippen molar-refractivity contribution >= 4 is 15.9 Å². The van der Waals surface area contributed by atoms with E-state index in [4.69, 9.17) is 0 Å². The average Bonchev–Trinajstić information content (AvgIpc) is 2.46. The van der Waals surface area contributed by atoms with Crippen LogP contribution in [0.3, 0.4) is 0 Å². The highest BCUT2D eigenvalue weighted by atomic mass is 79.9. The lowest BCUT2D eigenvalue weighted by Crippen LogP contribution is -2.21. The standard InChI is InChI=1S/C18H22BrN/c1-3-6-14-9-11-15(12-10-14)18(20-4-2)16-7-5-8-17(19)13-16/h5,7-13,18,20H,3-4,6H2,1-2H3. The average molecular weight is 332 g/mol. The topological polar surface area (TPSA) is 12.0 Å². The monoisotopic (exact) mass is 331 g/mol. The van der Waals surface area contributed by atoms with Crippen molar-refractivity contribution in [2.45, 2.75) is 32.7 Å². The Hall–Kier alpha value is -1.12. The van der Waals surface area contributed by atoms with Crippen molar-refractivity contribution in [2.75, 3.05) is 6.54 Å². The molecule has 0 aromatic heterocycles. The molecule has 0 heterocycles. The molecule has 0 aliphatic carbocycles. The van der Waals surface area contributed by atoms with Gasteiger partial charge in [0.15, 0.2) is 0 Å². The van der Waals surface area contributed by atoms with Gasteiger partial charge in [0.05, 0.1) is 6.04 Å². The summed E-state index contributed by atoms with van der Waals surface area (Å²) in [5.74, 6) is 0. The van der Waals surface area contributed by atoms with Crippen molar-refractivity contribution < 1.29 is 0 Å². The lowest BCUT2D eigenvalue weighted by Gasteiger charge is -2.19. The highest BCUT2D eigenvalue weighted by Crippen LogP contribution is 2.25. The van der Waals surface area contributed by atoms with Crippen LogP contribution in [0, 0.1) is 0 Å². The van der Waals surface area contributed by atoms with E-state index in [0.717, 1.165) is 17.4 Å². The Morgan fingerprint density at radius 2 is 1.75 bits per heavy atom. The third-order valence-electron chi connectivity index (χ3n) is 3.44. The molecule has 1 nitrogen and oxygen atoms in total. The van der Waals surface area contributed by atoms with Gasteiger partial charge in [0.25, 0.3) is 0 Å². The van der Waals surface area contributed by atoms with Gasteiger partial charge in [-0.15, -0.1) is 0 Å². The summed E-state index contributed by atoms with van der Waals surface area (Å²) in [6, 6.07) is 17.8. The molecule has 106 valence electrons. The first-order chi connectivity index (χ1) is 9.74. The number of aryl methyl sites for hydroxylation is 1. The van der Waals surface area contributed by atoms with Crippen LogP contribution in [0.25, 0.3) is 0 Å². The van der Waals surface area contributed by atoms with E-state index in [1.807, 2.05) is 0 Å². The third kappa shape index (κ3) is 3.94. The van der Waals surface area contributed by atoms with Crippen LogP contribution < -0.4 is 5.32 Å². The van der Waals surface area contributed by atoms with Gasteiger partial charge in [-0.25, -0.2) is 0 Å². The molecule has 0 amide bonds. The van der Waals surface area contributed by atoms with Gasteiger partial charge >= 0.3 is 0 Å². The quantitative estimate of drug-likeness (QED) is 0.776. The van der Waals surface area contributed by atoms with Gasteiger partial charge in [-0.1, -0.05) is 72.6 Å². The molecule has 0 bridgehead atoms. The van der Waals surface area contributed by atoms with Crippen LogP contribution in [0.15, 0.2) is 53.0 Å². The van der Waals surface area contributed by atoms with E-state index in [2.05, 4.69) is 83.6 Å². The first-order valence-electron chi connectivity index (χ1n) is 7.32. The first kappa shape index (κ1) is 15.3. The number of halogens is 1. The Morgan fingerprint density at radius 1 is 1.00 bits per heavy atom. The molecule has 2 heteroatoms. The lowest BCUT2D eigenvalue weighted by atomic mass is 9.97. The zero-order chi connectivity index (χ0) is 14.4. The van der Waals surface area contributed by atoms with E-state index in [-0.39, 0.29) is 6.04 Å². The van der Waals surface area contributed by atoms with Crippen LogP contribution >= 0.6 is 15.9 Å². The molecule has 20 heavy (non-hydrogen) atoms. The van der Waals surface area contributed by atoms with Crippen molar-refractivity contribution in [3.63, 3.8) is 0 Å². The van der Waals surface area contributed by atoms with Gasteiger partial charge in [0.1, 0.15) is 0 Å². The minimum atomic E-state index is 0.258. The normalized spacial score (nSPS) is 12.3. The fraction of sp³-hybridized carbons (Fsp3) is 0.333. The molecule has 0 fully saturated rings. The first-order valence-corrected chi connectivity index (χ1v) is 8.11. The Labute approximate surface area is 130 Å². The molecule has 0 radical (unpaired) electrons. The zero-order valence-electron chi connectivity index (χ0n) is 12.2. The Kier molecular flexibility index (Phi) is 5.81. The summed E-state index contributed by atoms with van der Waals surface area (Å²) >= 11 is 3.56. The van der Waals surface area contributed by atoms with Crippen molar-refractivity contribution in [1.29, 1.82) is 0 Å². The highest BCUT2D eigenvalue weighted by molar-refractivity contribution is 9.10. The summed E-state index contributed by atoms with van der Waals surface area (Å²) in [5.41, 5.74) is 4.04. The fourth-order valence-corrected chi connectivity index (χ4v) is 2.90. The molecule has 0 spiro atoms.